The number of nitrogens with one attached hydrogen (secondary N) is 1. The van der Waals surface area contributed by atoms with Gasteiger partial charge in [0.1, 0.15) is 0 Å². The second-order valence-corrected chi connectivity index (χ2v) is 4.13. The molecule has 1 atom stereocenters. The Hall–Kier alpha value is -2.22. The first-order valence-electron chi connectivity index (χ1n) is 5.38. The van der Waals surface area contributed by atoms with Gasteiger partial charge in [-0.3, -0.25) is 4.79 Å². The van der Waals surface area contributed by atoms with Gasteiger partial charge in [0.15, 0.2) is 11.6 Å². The van der Waals surface area contributed by atoms with Gasteiger partial charge in [-0.2, -0.15) is 5.26 Å². The molecule has 0 aromatic heterocycles. The topological polar surface area (TPSA) is 52.9 Å². The van der Waals surface area contributed by atoms with Crippen LogP contribution in [0.5, 0.6) is 0 Å². The maximum atomic E-state index is 13.2. The highest BCUT2D eigenvalue weighted by Crippen LogP contribution is 2.32. The molecule has 1 N–H and O–H groups in total. The van der Waals surface area contributed by atoms with Crippen molar-refractivity contribution < 1.29 is 13.6 Å². The molecule has 1 unspecified atom stereocenters. The van der Waals surface area contributed by atoms with Crippen molar-refractivity contribution in [1.29, 1.82) is 5.26 Å². The Kier molecular flexibility index (Phi) is 3.11. The van der Waals surface area contributed by atoms with Gasteiger partial charge in [0.25, 0.3) is 0 Å². The van der Waals surface area contributed by atoms with E-state index in [0.717, 1.165) is 12.1 Å². The minimum Gasteiger partial charge on any atom is -0.329 e. The highest BCUT2D eigenvalue weighted by Gasteiger charge is 2.27. The van der Waals surface area contributed by atoms with Crippen molar-refractivity contribution in [3.8, 4) is 6.07 Å². The summed E-state index contributed by atoms with van der Waals surface area (Å²) in [5.41, 5.74) is 1.27. The summed E-state index contributed by atoms with van der Waals surface area (Å²) in [7, 11) is 0. The van der Waals surface area contributed by atoms with Crippen LogP contribution in [0.3, 0.4) is 0 Å². The van der Waals surface area contributed by atoms with Crippen molar-refractivity contribution in [3.05, 3.63) is 46.7 Å². The molecule has 5 heteroatoms. The number of rotatable bonds is 1. The summed E-state index contributed by atoms with van der Waals surface area (Å²) < 4.78 is 26.1. The van der Waals surface area contributed by atoms with Gasteiger partial charge in [0.2, 0.25) is 5.91 Å². The van der Waals surface area contributed by atoms with Crippen LogP contribution in [0.15, 0.2) is 29.5 Å². The summed E-state index contributed by atoms with van der Waals surface area (Å²) in [5.74, 6) is -2.67. The molecule has 1 amide bonds. The molecule has 0 aliphatic carbocycles. The Bertz CT molecular complexity index is 587. The van der Waals surface area contributed by atoms with Crippen LogP contribution >= 0.6 is 0 Å². The van der Waals surface area contributed by atoms with Crippen molar-refractivity contribution in [2.24, 2.45) is 0 Å². The van der Waals surface area contributed by atoms with Crippen molar-refractivity contribution >= 4 is 5.91 Å². The van der Waals surface area contributed by atoms with Crippen molar-refractivity contribution in [2.45, 2.75) is 19.3 Å². The molecular weight excluding hydrogens is 238 g/mol. The van der Waals surface area contributed by atoms with E-state index in [1.165, 1.54) is 6.07 Å². The molecule has 0 fully saturated rings. The van der Waals surface area contributed by atoms with Crippen LogP contribution in [0, 0.1) is 23.0 Å². The number of benzene rings is 1. The fourth-order valence-electron chi connectivity index (χ4n) is 2.05. The Morgan fingerprint density at radius 1 is 1.39 bits per heavy atom. The molecule has 92 valence electrons. The number of amides is 1. The molecule has 18 heavy (non-hydrogen) atoms. The quantitative estimate of drug-likeness (QED) is 0.829. The predicted octanol–water partition coefficient (Wildman–Crippen LogP) is 2.37. The Morgan fingerprint density at radius 3 is 2.72 bits per heavy atom. The van der Waals surface area contributed by atoms with Crippen molar-refractivity contribution in [2.75, 3.05) is 0 Å². The zero-order chi connectivity index (χ0) is 13.3. The van der Waals surface area contributed by atoms with E-state index in [1.54, 1.807) is 6.92 Å². The second-order valence-electron chi connectivity index (χ2n) is 4.13. The van der Waals surface area contributed by atoms with Gasteiger partial charge in [-0.15, -0.1) is 0 Å². The van der Waals surface area contributed by atoms with Gasteiger partial charge in [-0.05, 0) is 24.6 Å². The van der Waals surface area contributed by atoms with Crippen LogP contribution in [0.2, 0.25) is 0 Å². The smallest absolute Gasteiger partial charge is 0.225 e. The van der Waals surface area contributed by atoms with E-state index in [9.17, 15) is 13.6 Å². The minimum atomic E-state index is -0.978. The summed E-state index contributed by atoms with van der Waals surface area (Å²) >= 11 is 0. The molecule has 3 nitrogen and oxygen atoms in total. The third-order valence-electron chi connectivity index (χ3n) is 2.94. The Labute approximate surface area is 103 Å². The largest absolute Gasteiger partial charge is 0.329 e. The first-order chi connectivity index (χ1) is 8.52. The normalized spacial score (nSPS) is 19.4. The van der Waals surface area contributed by atoms with E-state index in [4.69, 9.17) is 5.26 Å². The SMILES string of the molecule is CC1=C(C#N)C(c2ccc(F)c(F)c2)CC(=O)N1. The average Bonchev–Trinajstić information content (AvgIpc) is 2.32. The number of hydrogen-bond donors (Lipinski definition) is 1. The van der Waals surface area contributed by atoms with Gasteiger partial charge in [-0.1, -0.05) is 6.07 Å². The number of nitriles is 1. The molecule has 0 spiro atoms. The zero-order valence-electron chi connectivity index (χ0n) is 9.63. The van der Waals surface area contributed by atoms with E-state index in [-0.39, 0.29) is 12.3 Å². The molecule has 1 aliphatic heterocycles. The van der Waals surface area contributed by atoms with E-state index >= 15 is 0 Å². The third-order valence-corrected chi connectivity index (χ3v) is 2.94. The van der Waals surface area contributed by atoms with Crippen molar-refractivity contribution in [3.63, 3.8) is 0 Å². The number of hydrogen-bond acceptors (Lipinski definition) is 2. The molecule has 2 rings (SSSR count). The highest BCUT2D eigenvalue weighted by atomic mass is 19.2. The number of nitrogens with zero attached hydrogens (tertiary/aromatic N) is 1. The van der Waals surface area contributed by atoms with Crippen LogP contribution in [0.25, 0.3) is 0 Å². The monoisotopic (exact) mass is 248 g/mol. The molecule has 0 radical (unpaired) electrons. The van der Waals surface area contributed by atoms with E-state index < -0.39 is 17.6 Å². The molecule has 0 bridgehead atoms. The summed E-state index contributed by atoms with van der Waals surface area (Å²) in [5, 5.41) is 11.6. The summed E-state index contributed by atoms with van der Waals surface area (Å²) in [6.07, 6.45) is 0.0608. The highest BCUT2D eigenvalue weighted by molar-refractivity contribution is 5.81. The van der Waals surface area contributed by atoms with Gasteiger partial charge in [0.05, 0.1) is 11.6 Å². The molecule has 0 saturated heterocycles. The molecule has 1 heterocycles. The first-order valence-corrected chi connectivity index (χ1v) is 5.38. The van der Waals surface area contributed by atoms with E-state index in [0.29, 0.717) is 16.8 Å². The summed E-state index contributed by atoms with van der Waals surface area (Å²) in [4.78, 5) is 11.4. The maximum absolute atomic E-state index is 13.2. The lowest BCUT2D eigenvalue weighted by Gasteiger charge is -2.23. The van der Waals surface area contributed by atoms with E-state index in [1.807, 2.05) is 6.07 Å². The van der Waals surface area contributed by atoms with E-state index in [2.05, 4.69) is 5.32 Å². The average molecular weight is 248 g/mol. The molecule has 1 aliphatic rings. The lowest BCUT2D eigenvalue weighted by Crippen LogP contribution is -2.30. The summed E-state index contributed by atoms with van der Waals surface area (Å²) in [6.45, 7) is 1.61. The fourth-order valence-corrected chi connectivity index (χ4v) is 2.05. The molecule has 1 aromatic carbocycles. The number of halogens is 2. The Balaban J connectivity index is 2.48. The fraction of sp³-hybridized carbons (Fsp3) is 0.231. The second kappa shape index (κ2) is 4.57. The van der Waals surface area contributed by atoms with Crippen LogP contribution in [0.4, 0.5) is 8.78 Å². The molecule has 1 aromatic rings. The number of allylic oxidation sites excluding steroid dienone is 2. The van der Waals surface area contributed by atoms with Gasteiger partial charge < -0.3 is 5.32 Å². The first kappa shape index (κ1) is 12.2. The minimum absolute atomic E-state index is 0.0608. The molecule has 0 saturated carbocycles. The van der Waals surface area contributed by atoms with Crippen LogP contribution < -0.4 is 5.32 Å². The Morgan fingerprint density at radius 2 is 2.11 bits per heavy atom. The maximum Gasteiger partial charge on any atom is 0.225 e. The van der Waals surface area contributed by atoms with Crippen LogP contribution in [-0.2, 0) is 4.79 Å². The third kappa shape index (κ3) is 2.09. The van der Waals surface area contributed by atoms with Gasteiger partial charge in [0, 0.05) is 18.0 Å². The lowest BCUT2D eigenvalue weighted by molar-refractivity contribution is -0.121. The van der Waals surface area contributed by atoms with Crippen molar-refractivity contribution in [1.82, 2.24) is 5.32 Å². The molecular formula is C13H10F2N2O. The summed E-state index contributed by atoms with van der Waals surface area (Å²) in [6, 6.07) is 5.43. The number of carbonyl (C=O) groups excluding carboxylic acids is 1. The predicted molar refractivity (Wildman–Crippen MR) is 60.2 cm³/mol. The zero-order valence-corrected chi connectivity index (χ0v) is 9.63. The van der Waals surface area contributed by atoms with Gasteiger partial charge in [-0.25, -0.2) is 8.78 Å². The van der Waals surface area contributed by atoms with Crippen LogP contribution in [0.1, 0.15) is 24.8 Å². The van der Waals surface area contributed by atoms with Crippen LogP contribution in [-0.4, -0.2) is 5.91 Å². The number of carbonyl (C=O) groups is 1. The van der Waals surface area contributed by atoms with Gasteiger partial charge >= 0.3 is 0 Å². The lowest BCUT2D eigenvalue weighted by atomic mass is 9.85. The standard InChI is InChI=1S/C13H10F2N2O/c1-7-10(6-16)9(5-13(18)17-7)8-2-3-11(14)12(15)4-8/h2-4,9H,5H2,1H3,(H,17,18).